The molecule has 0 aliphatic carbocycles. The average Bonchev–Trinajstić information content (AvgIpc) is 3.24. The molecule has 1 aromatic rings. The molecule has 0 aromatic carbocycles. The number of ether oxygens (including phenoxy) is 3. The Kier molecular flexibility index (Phi) is 25.4. The van der Waals surface area contributed by atoms with Gasteiger partial charge in [0.25, 0.3) is 0 Å². The fourth-order valence-corrected chi connectivity index (χ4v) is 9.65. The van der Waals surface area contributed by atoms with E-state index >= 15 is 0 Å². The van der Waals surface area contributed by atoms with Gasteiger partial charge in [0.2, 0.25) is 0 Å². The molecule has 9 N–H and O–H groups in total. The van der Waals surface area contributed by atoms with E-state index in [-0.39, 0.29) is 18.7 Å². The van der Waals surface area contributed by atoms with Crippen molar-refractivity contribution in [2.45, 2.75) is 172 Å². The monoisotopic (exact) mass is 981 g/mol. The van der Waals surface area contributed by atoms with Crippen LogP contribution in [-0.2, 0) is 46.3 Å². The summed E-state index contributed by atoms with van der Waals surface area (Å²) in [7, 11) is -11.3. The summed E-state index contributed by atoms with van der Waals surface area (Å²) < 4.78 is 58.3. The van der Waals surface area contributed by atoms with E-state index in [1.54, 1.807) is 0 Å². The molecule has 13 atom stereocenters. The van der Waals surface area contributed by atoms with Crippen molar-refractivity contribution in [1.82, 2.24) is 9.55 Å². The lowest BCUT2D eigenvalue weighted by molar-refractivity contribution is -0.194. The van der Waals surface area contributed by atoms with E-state index in [9.17, 15) is 58.8 Å². The van der Waals surface area contributed by atoms with Gasteiger partial charge in [-0.3, -0.25) is 23.2 Å². The van der Waals surface area contributed by atoms with Crippen molar-refractivity contribution in [3.63, 3.8) is 0 Å². The Morgan fingerprint density at radius 2 is 1.61 bits per heavy atom. The summed E-state index contributed by atoms with van der Waals surface area (Å²) in [5.74, 6) is -3.72. The van der Waals surface area contributed by atoms with Crippen LogP contribution >= 0.6 is 15.6 Å². The molecule has 3 rings (SSSR count). The number of aliphatic hydroxyl groups excluding tert-OH is 5. The summed E-state index contributed by atoms with van der Waals surface area (Å²) >= 11 is 0. The highest BCUT2D eigenvalue weighted by molar-refractivity contribution is 7.61. The Morgan fingerprint density at radius 3 is 2.29 bits per heavy atom. The van der Waals surface area contributed by atoms with Crippen LogP contribution in [0.4, 0.5) is 5.82 Å². The second-order valence-electron chi connectivity index (χ2n) is 17.1. The highest BCUT2D eigenvalue weighted by atomic mass is 31.3. The van der Waals surface area contributed by atoms with E-state index in [4.69, 9.17) is 29.0 Å². The van der Waals surface area contributed by atoms with Crippen molar-refractivity contribution in [2.24, 2.45) is 17.8 Å². The molecule has 0 radical (unpaired) electrons. The Bertz CT molecular complexity index is 1830. The van der Waals surface area contributed by atoms with E-state index in [2.05, 4.69) is 23.1 Å². The minimum absolute atomic E-state index is 0.0589. The Labute approximate surface area is 386 Å². The number of anilines is 1. The Hall–Kier alpha value is -2.88. The molecule has 3 heterocycles. The number of phosphoric ester groups is 2. The molecule has 66 heavy (non-hydrogen) atoms. The summed E-state index contributed by atoms with van der Waals surface area (Å²) in [5.41, 5.74) is 4.72. The molecule has 0 spiro atoms. The van der Waals surface area contributed by atoms with Crippen LogP contribution in [0.25, 0.3) is 0 Å². The molecule has 0 amide bonds. The van der Waals surface area contributed by atoms with Crippen LogP contribution in [0.3, 0.4) is 0 Å². The number of aromatic nitrogens is 2. The SMILES string of the molecule is CCCCC[C@@H](O)C=C[C@@H]1[C@H](O)[C@H](O)[C@H]2COP(=O)(O)OP(=O)(O)OC[C@@H](COC(=O)CCCCCCCCC(C)CC)OC(=O)C/C=C\C[C@@H]([C@H](n3ccc(N)nc3=O)O2)[C@@H](O)C[C@H]1O. The Balaban J connectivity index is 1.92. The lowest BCUT2D eigenvalue weighted by atomic mass is 9.82. The smallest absolute Gasteiger partial charge is 0.462 e. The largest absolute Gasteiger partial charge is 0.481 e. The van der Waals surface area contributed by atoms with Gasteiger partial charge in [-0.1, -0.05) is 109 Å². The normalized spacial score (nSPS) is 32.5. The Morgan fingerprint density at radius 1 is 0.939 bits per heavy atom. The van der Waals surface area contributed by atoms with Crippen molar-refractivity contribution in [2.75, 3.05) is 25.6 Å². The molecule has 1 saturated heterocycles. The second kappa shape index (κ2) is 29.2. The molecule has 21 nitrogen and oxygen atoms in total. The average molecular weight is 982 g/mol. The van der Waals surface area contributed by atoms with Crippen molar-refractivity contribution < 1.29 is 81.6 Å². The van der Waals surface area contributed by atoms with Crippen LogP contribution in [0.15, 0.2) is 41.4 Å². The van der Waals surface area contributed by atoms with Crippen LogP contribution in [0.1, 0.15) is 130 Å². The van der Waals surface area contributed by atoms with Gasteiger partial charge in [-0.15, -0.1) is 0 Å². The third kappa shape index (κ3) is 20.8. The maximum absolute atomic E-state index is 13.3. The number of nitrogens with two attached hydrogens (primary N) is 1. The van der Waals surface area contributed by atoms with Gasteiger partial charge in [-0.25, -0.2) is 13.9 Å². The van der Waals surface area contributed by atoms with Gasteiger partial charge in [-0.2, -0.15) is 9.29 Å². The van der Waals surface area contributed by atoms with Gasteiger partial charge >= 0.3 is 33.3 Å². The molecule has 378 valence electrons. The van der Waals surface area contributed by atoms with Gasteiger partial charge in [0.15, 0.2) is 6.10 Å². The highest BCUT2D eigenvalue weighted by Gasteiger charge is 2.45. The zero-order chi connectivity index (χ0) is 48.9. The number of rotatable bonds is 19. The van der Waals surface area contributed by atoms with Crippen LogP contribution in [0.5, 0.6) is 0 Å². The van der Waals surface area contributed by atoms with Crippen molar-refractivity contribution in [3.05, 3.63) is 47.1 Å². The van der Waals surface area contributed by atoms with Gasteiger partial charge in [-0.05, 0) is 31.2 Å². The number of allylic oxidation sites excluding steroid dienone is 1. The van der Waals surface area contributed by atoms with E-state index in [0.717, 1.165) is 62.1 Å². The van der Waals surface area contributed by atoms with Crippen molar-refractivity contribution in [1.29, 1.82) is 0 Å². The van der Waals surface area contributed by atoms with Crippen LogP contribution in [-0.4, -0.2) is 119 Å². The molecule has 3 unspecified atom stereocenters. The molecule has 2 aliphatic heterocycles. The molecular formula is C43H73N3O18P2. The number of phosphoric acid groups is 2. The molecule has 2 bridgehead atoms. The van der Waals surface area contributed by atoms with Crippen LogP contribution in [0.2, 0.25) is 0 Å². The third-order valence-corrected chi connectivity index (χ3v) is 14.3. The van der Waals surface area contributed by atoms with Gasteiger partial charge in [0.05, 0.1) is 44.1 Å². The summed E-state index contributed by atoms with van der Waals surface area (Å²) in [4.78, 5) is 63.8. The zero-order valence-electron chi connectivity index (χ0n) is 38.2. The first-order valence-corrected chi connectivity index (χ1v) is 26.0. The maximum Gasteiger partial charge on any atom is 0.481 e. The van der Waals surface area contributed by atoms with E-state index in [1.807, 2.05) is 6.92 Å². The van der Waals surface area contributed by atoms with Crippen LogP contribution in [0, 0.1) is 17.8 Å². The van der Waals surface area contributed by atoms with E-state index < -0.39 is 127 Å². The molecule has 0 saturated carbocycles. The highest BCUT2D eigenvalue weighted by Crippen LogP contribution is 2.60. The molecule has 1 aromatic heterocycles. The minimum atomic E-state index is -5.68. The van der Waals surface area contributed by atoms with Crippen molar-refractivity contribution >= 4 is 33.4 Å². The quantitative estimate of drug-likeness (QED) is 0.0409. The van der Waals surface area contributed by atoms with Gasteiger partial charge in [0, 0.05) is 30.9 Å². The lowest BCUT2D eigenvalue weighted by Crippen LogP contribution is -2.52. The fourth-order valence-electron chi connectivity index (χ4n) is 7.54. The second-order valence-corrected chi connectivity index (χ2v) is 20.2. The molecule has 23 heteroatoms. The summed E-state index contributed by atoms with van der Waals surface area (Å²) in [6.07, 6.45) is 2.60. The fraction of sp³-hybridized carbons (Fsp3) is 0.767. The van der Waals surface area contributed by atoms with Crippen LogP contribution < -0.4 is 11.4 Å². The molecule has 1 fully saturated rings. The number of nitrogens with zero attached hydrogens (tertiary/aromatic N) is 2. The third-order valence-electron chi connectivity index (χ3n) is 11.7. The number of cyclic esters (lactones) is 1. The van der Waals surface area contributed by atoms with Gasteiger partial charge in [0.1, 0.15) is 30.9 Å². The summed E-state index contributed by atoms with van der Waals surface area (Å²) in [6.45, 7) is 3.62. The number of hydrogen-bond donors (Lipinski definition) is 8. The number of unbranched alkanes of at least 4 members (excludes halogenated alkanes) is 7. The first-order valence-electron chi connectivity index (χ1n) is 23.0. The topological polar surface area (TPSA) is 326 Å². The summed E-state index contributed by atoms with van der Waals surface area (Å²) in [5, 5.41) is 57.1. The van der Waals surface area contributed by atoms with Crippen molar-refractivity contribution in [3.8, 4) is 0 Å². The standard InChI is InChI=1S/C43H73N3O18P2/c1-4-6-11-17-30(47)21-22-32-34(48)25-35(49)33-18-14-15-20-39(51)62-31(26-59-38(50)19-13-10-8-7-9-12-16-29(3)5-2)27-60-65(55,56)64-66(57,58)61-28-36(41(53)40(32)52)63-42(33)46-24-23-37(44)45-43(46)54/h14-15,21-24,29-36,40-42,47-49,52-53H,4-13,16-20,25-28H2,1-3H3,(H,55,56)(H,57,58)(H2,44,45,54)/b15-14-,22-21?/t29?,30-,31-,32+,33-,34-,35+,36-,40+,41-,42-/m1/s1. The molecular weight excluding hydrogens is 908 g/mol. The van der Waals surface area contributed by atoms with E-state index in [1.165, 1.54) is 36.8 Å². The number of fused-ring (bicyclic) bond motifs is 3. The number of carbonyl (C=O) groups excluding carboxylic acids is 2. The summed E-state index contributed by atoms with van der Waals surface area (Å²) in [6, 6.07) is 1.22. The number of hydrogen-bond acceptors (Lipinski definition) is 18. The number of esters is 2. The lowest BCUT2D eigenvalue weighted by Gasteiger charge is -2.40. The predicted molar refractivity (Wildman–Crippen MR) is 240 cm³/mol. The predicted octanol–water partition coefficient (Wildman–Crippen LogP) is 4.51. The minimum Gasteiger partial charge on any atom is -0.462 e. The zero-order valence-corrected chi connectivity index (χ0v) is 40.0. The number of carbonyl (C=O) groups is 2. The van der Waals surface area contributed by atoms with E-state index in [0.29, 0.717) is 25.2 Å². The number of aliphatic hydroxyl groups is 5. The maximum atomic E-state index is 13.3. The molecule has 2 aliphatic rings. The van der Waals surface area contributed by atoms with Gasteiger partial charge < -0.3 is 55.3 Å². The number of nitrogen functional groups attached to an aromatic ring is 1. The first kappa shape index (κ1) is 57.4. The first-order chi connectivity index (χ1) is 31.3.